The summed E-state index contributed by atoms with van der Waals surface area (Å²) in [6.45, 7) is 3.81. The van der Waals surface area contributed by atoms with Gasteiger partial charge in [0.1, 0.15) is 5.84 Å². The number of aryl methyl sites for hydroxylation is 1. The van der Waals surface area contributed by atoms with E-state index in [-0.39, 0.29) is 5.84 Å². The largest absolute Gasteiger partial charge is 0.409 e. The zero-order valence-electron chi connectivity index (χ0n) is 10.6. The highest BCUT2D eigenvalue weighted by molar-refractivity contribution is 5.79. The van der Waals surface area contributed by atoms with Crippen molar-refractivity contribution in [3.05, 3.63) is 35.4 Å². The summed E-state index contributed by atoms with van der Waals surface area (Å²) in [6, 6.07) is 8.62. The Balaban J connectivity index is 2.41. The second kappa shape index (κ2) is 6.91. The Morgan fingerprint density at radius 1 is 1.29 bits per heavy atom. The van der Waals surface area contributed by atoms with Gasteiger partial charge in [-0.05, 0) is 24.6 Å². The zero-order chi connectivity index (χ0) is 12.7. The van der Waals surface area contributed by atoms with Gasteiger partial charge in [-0.15, -0.1) is 0 Å². The SMILES string of the molecule is CCc1ccc(CN(C)CCC(N)=NO)cc1. The van der Waals surface area contributed by atoms with Crippen LogP contribution in [-0.4, -0.2) is 29.5 Å². The van der Waals surface area contributed by atoms with Crippen molar-refractivity contribution >= 4 is 5.84 Å². The summed E-state index contributed by atoms with van der Waals surface area (Å²) in [5.74, 6) is 0.276. The molecular weight excluding hydrogens is 214 g/mol. The van der Waals surface area contributed by atoms with Crippen LogP contribution < -0.4 is 5.73 Å². The topological polar surface area (TPSA) is 61.8 Å². The Morgan fingerprint density at radius 2 is 1.88 bits per heavy atom. The van der Waals surface area contributed by atoms with Crippen molar-refractivity contribution in [2.24, 2.45) is 10.9 Å². The molecule has 17 heavy (non-hydrogen) atoms. The molecule has 0 heterocycles. The van der Waals surface area contributed by atoms with Crippen LogP contribution in [0.2, 0.25) is 0 Å². The second-order valence-corrected chi connectivity index (χ2v) is 4.25. The minimum atomic E-state index is 0.276. The van der Waals surface area contributed by atoms with Crippen LogP contribution >= 0.6 is 0 Å². The van der Waals surface area contributed by atoms with Crippen LogP contribution in [-0.2, 0) is 13.0 Å². The van der Waals surface area contributed by atoms with E-state index in [9.17, 15) is 0 Å². The van der Waals surface area contributed by atoms with E-state index in [1.54, 1.807) is 0 Å². The monoisotopic (exact) mass is 235 g/mol. The second-order valence-electron chi connectivity index (χ2n) is 4.25. The van der Waals surface area contributed by atoms with E-state index >= 15 is 0 Å². The van der Waals surface area contributed by atoms with Crippen molar-refractivity contribution in [2.45, 2.75) is 26.3 Å². The molecule has 0 atom stereocenters. The Hall–Kier alpha value is -1.55. The van der Waals surface area contributed by atoms with E-state index in [2.05, 4.69) is 41.2 Å². The summed E-state index contributed by atoms with van der Waals surface area (Å²) in [4.78, 5) is 2.15. The Labute approximate surface area is 103 Å². The van der Waals surface area contributed by atoms with Crippen molar-refractivity contribution in [2.75, 3.05) is 13.6 Å². The lowest BCUT2D eigenvalue weighted by atomic mass is 10.1. The van der Waals surface area contributed by atoms with E-state index in [4.69, 9.17) is 10.9 Å². The normalized spacial score (nSPS) is 12.1. The lowest BCUT2D eigenvalue weighted by Crippen LogP contribution is -2.24. The molecule has 4 nitrogen and oxygen atoms in total. The van der Waals surface area contributed by atoms with Crippen molar-refractivity contribution in [1.29, 1.82) is 0 Å². The molecule has 0 aliphatic carbocycles. The summed E-state index contributed by atoms with van der Waals surface area (Å²) in [5.41, 5.74) is 8.06. The average molecular weight is 235 g/mol. The molecule has 0 saturated carbocycles. The summed E-state index contributed by atoms with van der Waals surface area (Å²) >= 11 is 0. The first kappa shape index (κ1) is 13.5. The third kappa shape index (κ3) is 4.87. The molecule has 3 N–H and O–H groups in total. The van der Waals surface area contributed by atoms with Crippen LogP contribution in [0.4, 0.5) is 0 Å². The van der Waals surface area contributed by atoms with Crippen molar-refractivity contribution in [1.82, 2.24) is 4.90 Å². The van der Waals surface area contributed by atoms with Gasteiger partial charge in [0.25, 0.3) is 0 Å². The van der Waals surface area contributed by atoms with Gasteiger partial charge < -0.3 is 15.8 Å². The van der Waals surface area contributed by atoms with Gasteiger partial charge in [-0.25, -0.2) is 0 Å². The first-order valence-corrected chi connectivity index (χ1v) is 5.88. The molecule has 0 spiro atoms. The fourth-order valence-corrected chi connectivity index (χ4v) is 1.63. The first-order chi connectivity index (χ1) is 8.15. The average Bonchev–Trinajstić information content (AvgIpc) is 2.36. The van der Waals surface area contributed by atoms with Crippen LogP contribution in [0.5, 0.6) is 0 Å². The summed E-state index contributed by atoms with van der Waals surface area (Å²) in [5, 5.41) is 11.4. The maximum absolute atomic E-state index is 8.44. The molecule has 0 saturated heterocycles. The number of rotatable bonds is 6. The predicted octanol–water partition coefficient (Wildman–Crippen LogP) is 1.82. The van der Waals surface area contributed by atoms with Gasteiger partial charge in [0, 0.05) is 19.5 Å². The fraction of sp³-hybridized carbons (Fsp3) is 0.462. The van der Waals surface area contributed by atoms with Gasteiger partial charge in [0.05, 0.1) is 0 Å². The molecule has 0 aliphatic heterocycles. The Kier molecular flexibility index (Phi) is 5.49. The molecular formula is C13H21N3O. The lowest BCUT2D eigenvalue weighted by molar-refractivity contribution is 0.309. The minimum Gasteiger partial charge on any atom is -0.409 e. The lowest BCUT2D eigenvalue weighted by Gasteiger charge is -2.16. The van der Waals surface area contributed by atoms with E-state index in [0.29, 0.717) is 6.42 Å². The Bertz CT molecular complexity index is 359. The molecule has 1 rings (SSSR count). The highest BCUT2D eigenvalue weighted by Crippen LogP contribution is 2.07. The molecule has 94 valence electrons. The summed E-state index contributed by atoms with van der Waals surface area (Å²) in [6.07, 6.45) is 1.65. The van der Waals surface area contributed by atoms with Gasteiger partial charge >= 0.3 is 0 Å². The van der Waals surface area contributed by atoms with Crippen molar-refractivity contribution in [3.63, 3.8) is 0 Å². The third-order valence-electron chi connectivity index (χ3n) is 2.76. The number of hydrogen-bond acceptors (Lipinski definition) is 3. The molecule has 0 amide bonds. The van der Waals surface area contributed by atoms with E-state index in [1.807, 2.05) is 7.05 Å². The highest BCUT2D eigenvalue weighted by Gasteiger charge is 2.02. The number of oxime groups is 1. The van der Waals surface area contributed by atoms with Crippen LogP contribution in [0, 0.1) is 0 Å². The maximum Gasteiger partial charge on any atom is 0.140 e. The number of nitrogens with zero attached hydrogens (tertiary/aromatic N) is 2. The zero-order valence-corrected chi connectivity index (χ0v) is 10.6. The van der Waals surface area contributed by atoms with Gasteiger partial charge in [0.15, 0.2) is 0 Å². The molecule has 0 fully saturated rings. The standard InChI is InChI=1S/C13H21N3O/c1-3-11-4-6-12(7-5-11)10-16(2)9-8-13(14)15-17/h4-7,17H,3,8-10H2,1-2H3,(H2,14,15). The van der Waals surface area contributed by atoms with Gasteiger partial charge in [-0.2, -0.15) is 0 Å². The molecule has 4 heteroatoms. The molecule has 0 bridgehead atoms. The first-order valence-electron chi connectivity index (χ1n) is 5.88. The highest BCUT2D eigenvalue weighted by atomic mass is 16.4. The van der Waals surface area contributed by atoms with Crippen LogP contribution in [0.25, 0.3) is 0 Å². The molecule has 0 unspecified atom stereocenters. The number of hydrogen-bond donors (Lipinski definition) is 2. The molecule has 0 radical (unpaired) electrons. The smallest absolute Gasteiger partial charge is 0.140 e. The Morgan fingerprint density at radius 3 is 2.41 bits per heavy atom. The molecule has 1 aromatic carbocycles. The predicted molar refractivity (Wildman–Crippen MR) is 70.2 cm³/mol. The number of amidine groups is 1. The van der Waals surface area contributed by atoms with Gasteiger partial charge in [-0.1, -0.05) is 36.3 Å². The molecule has 0 aliphatic rings. The van der Waals surface area contributed by atoms with Crippen LogP contribution in [0.15, 0.2) is 29.4 Å². The van der Waals surface area contributed by atoms with Gasteiger partial charge in [0.2, 0.25) is 0 Å². The number of nitrogens with two attached hydrogens (primary N) is 1. The van der Waals surface area contributed by atoms with E-state index < -0.39 is 0 Å². The molecule has 1 aromatic rings. The summed E-state index contributed by atoms with van der Waals surface area (Å²) < 4.78 is 0. The summed E-state index contributed by atoms with van der Waals surface area (Å²) in [7, 11) is 2.03. The van der Waals surface area contributed by atoms with E-state index in [0.717, 1.165) is 19.5 Å². The van der Waals surface area contributed by atoms with E-state index in [1.165, 1.54) is 11.1 Å². The number of benzene rings is 1. The van der Waals surface area contributed by atoms with Crippen LogP contribution in [0.1, 0.15) is 24.5 Å². The third-order valence-corrected chi connectivity index (χ3v) is 2.76. The van der Waals surface area contributed by atoms with Gasteiger partial charge in [-0.3, -0.25) is 0 Å². The van der Waals surface area contributed by atoms with Crippen LogP contribution in [0.3, 0.4) is 0 Å². The van der Waals surface area contributed by atoms with Crippen molar-refractivity contribution < 1.29 is 5.21 Å². The fourth-order valence-electron chi connectivity index (χ4n) is 1.63. The maximum atomic E-state index is 8.44. The minimum absolute atomic E-state index is 0.276. The quantitative estimate of drug-likeness (QED) is 0.342. The van der Waals surface area contributed by atoms with Crippen molar-refractivity contribution in [3.8, 4) is 0 Å². The molecule has 0 aromatic heterocycles.